The number of aliphatic hydroxyl groups is 1. The molecular weight excluding hydrogens is 443 g/mol. The van der Waals surface area contributed by atoms with E-state index in [1.807, 2.05) is 20.8 Å². The van der Waals surface area contributed by atoms with Gasteiger partial charge >= 0.3 is 7.52 Å². The molecule has 0 spiro atoms. The second-order valence-corrected chi connectivity index (χ2v) is 13.3. The highest BCUT2D eigenvalue weighted by atomic mass is 31.2. The monoisotopic (exact) mass is 478 g/mol. The van der Waals surface area contributed by atoms with Crippen LogP contribution in [0.1, 0.15) is 65.2 Å². The number of hydrogen-bond acceptors (Lipinski definition) is 5. The Kier molecular flexibility index (Phi) is 6.10. The highest BCUT2D eigenvalue weighted by Crippen LogP contribution is 2.51. The van der Waals surface area contributed by atoms with E-state index in [0.717, 1.165) is 6.42 Å². The molecule has 0 bridgehead atoms. The van der Waals surface area contributed by atoms with E-state index >= 15 is 0 Å². The molecule has 0 aliphatic carbocycles. The molecule has 5 N–H and O–H groups in total. The number of aliphatic hydroxyl groups excluding tert-OH is 1. The van der Waals surface area contributed by atoms with E-state index in [-0.39, 0.29) is 33.7 Å². The lowest BCUT2D eigenvalue weighted by Gasteiger charge is -2.38. The predicted molar refractivity (Wildman–Crippen MR) is 129 cm³/mol. The molecule has 2 amide bonds. The zero-order chi connectivity index (χ0) is 25.1. The first-order valence-corrected chi connectivity index (χ1v) is 12.6. The van der Waals surface area contributed by atoms with Gasteiger partial charge in [-0.1, -0.05) is 41.5 Å². The van der Waals surface area contributed by atoms with E-state index in [1.165, 1.54) is 18.2 Å². The van der Waals surface area contributed by atoms with Gasteiger partial charge < -0.3 is 26.0 Å². The van der Waals surface area contributed by atoms with Gasteiger partial charge in [0.25, 0.3) is 0 Å². The number of anilines is 1. The topological polar surface area (TPSA) is 145 Å². The SMILES string of the molecule is CC(C)(C)CCN1C(=O)C(C)(C2=NP(=O)(O)c3cc(C(N)=O)ccc3N2)C(O)C1C(C)(C)C. The van der Waals surface area contributed by atoms with Crippen LogP contribution in [0.2, 0.25) is 0 Å². The molecule has 1 fully saturated rings. The van der Waals surface area contributed by atoms with Crippen LogP contribution in [0.15, 0.2) is 23.0 Å². The van der Waals surface area contributed by atoms with Gasteiger partial charge in [0.05, 0.1) is 23.1 Å². The first kappa shape index (κ1) is 25.4. The highest BCUT2D eigenvalue weighted by molar-refractivity contribution is 7.65. The Morgan fingerprint density at radius 3 is 2.39 bits per heavy atom. The maximum Gasteiger partial charge on any atom is 0.345 e. The molecule has 0 saturated carbocycles. The number of hydrogen-bond donors (Lipinski definition) is 4. The van der Waals surface area contributed by atoms with Crippen LogP contribution in [0.25, 0.3) is 0 Å². The summed E-state index contributed by atoms with van der Waals surface area (Å²) in [7, 11) is -4.33. The summed E-state index contributed by atoms with van der Waals surface area (Å²) in [5.74, 6) is -1.14. The third-order valence-corrected chi connectivity index (χ3v) is 7.97. The number of primary amides is 1. The lowest BCUT2D eigenvalue weighted by molar-refractivity contribution is -0.135. The highest BCUT2D eigenvalue weighted by Gasteiger charge is 2.62. The molecule has 9 nitrogen and oxygen atoms in total. The standard InChI is InChI=1S/C23H35N4O5P/c1-21(2,3)10-11-27-16(22(4,5)6)17(28)23(7,20(27)30)19-25-14-9-8-13(18(24)29)12-15(14)33(31,32)26-19/h8-9,12,16-17,28H,10-11H2,1-7H3,(H2,24,29)(H2,25,26,31,32). The van der Waals surface area contributed by atoms with Gasteiger partial charge in [0, 0.05) is 12.1 Å². The van der Waals surface area contributed by atoms with Crippen LogP contribution in [0, 0.1) is 16.2 Å². The summed E-state index contributed by atoms with van der Waals surface area (Å²) < 4.78 is 17.2. The van der Waals surface area contributed by atoms with Crippen molar-refractivity contribution in [2.75, 3.05) is 11.9 Å². The maximum atomic E-state index is 13.8. The maximum absolute atomic E-state index is 13.8. The summed E-state index contributed by atoms with van der Waals surface area (Å²) in [4.78, 5) is 37.7. The minimum atomic E-state index is -4.33. The zero-order valence-corrected chi connectivity index (χ0v) is 21.2. The predicted octanol–water partition coefficient (Wildman–Crippen LogP) is 2.48. The van der Waals surface area contributed by atoms with Gasteiger partial charge in [-0.3, -0.25) is 14.2 Å². The van der Waals surface area contributed by atoms with Gasteiger partial charge in [0.1, 0.15) is 11.3 Å². The Hall–Kier alpha value is -2.22. The normalized spacial score (nSPS) is 30.0. The van der Waals surface area contributed by atoms with Crippen LogP contribution >= 0.6 is 7.52 Å². The van der Waals surface area contributed by atoms with E-state index in [2.05, 4.69) is 30.9 Å². The molecule has 3 rings (SSSR count). The van der Waals surface area contributed by atoms with Gasteiger partial charge in [0.2, 0.25) is 11.8 Å². The number of benzene rings is 1. The molecule has 10 heteroatoms. The van der Waals surface area contributed by atoms with E-state index in [9.17, 15) is 24.2 Å². The average Bonchev–Trinajstić information content (AvgIpc) is 2.86. The van der Waals surface area contributed by atoms with Crippen LogP contribution in [0.5, 0.6) is 0 Å². The van der Waals surface area contributed by atoms with Crippen molar-refractivity contribution in [2.45, 2.75) is 67.0 Å². The Labute approximate surface area is 195 Å². The third kappa shape index (κ3) is 4.46. The molecule has 1 aromatic carbocycles. The summed E-state index contributed by atoms with van der Waals surface area (Å²) in [6, 6.07) is 3.61. The molecule has 2 aliphatic rings. The van der Waals surface area contributed by atoms with Crippen molar-refractivity contribution in [3.63, 3.8) is 0 Å². The van der Waals surface area contributed by atoms with Crippen molar-refractivity contribution in [1.29, 1.82) is 0 Å². The molecule has 4 atom stereocenters. The summed E-state index contributed by atoms with van der Waals surface area (Å²) in [5.41, 5.74) is 3.61. The molecule has 33 heavy (non-hydrogen) atoms. The van der Waals surface area contributed by atoms with Crippen LogP contribution < -0.4 is 16.4 Å². The molecule has 1 aromatic rings. The van der Waals surface area contributed by atoms with E-state index in [4.69, 9.17) is 5.73 Å². The number of carbonyl (C=O) groups is 2. The Bertz CT molecular complexity index is 1070. The number of amidine groups is 1. The molecule has 0 aromatic heterocycles. The smallest absolute Gasteiger partial charge is 0.345 e. The van der Waals surface area contributed by atoms with E-state index < -0.39 is 36.4 Å². The molecule has 182 valence electrons. The van der Waals surface area contributed by atoms with Gasteiger partial charge in [0.15, 0.2) is 0 Å². The van der Waals surface area contributed by atoms with Crippen molar-refractivity contribution in [2.24, 2.45) is 26.7 Å². The first-order chi connectivity index (χ1) is 14.9. The van der Waals surface area contributed by atoms with Crippen LogP contribution in [-0.2, 0) is 9.36 Å². The number of amides is 2. The number of nitrogens with one attached hydrogen (secondary N) is 1. The largest absolute Gasteiger partial charge is 0.389 e. The lowest BCUT2D eigenvalue weighted by atomic mass is 9.75. The summed E-state index contributed by atoms with van der Waals surface area (Å²) in [6.45, 7) is 14.1. The molecular formula is C23H35N4O5P. The Balaban J connectivity index is 2.08. The molecule has 2 heterocycles. The number of nitrogens with zero attached hydrogens (tertiary/aromatic N) is 2. The van der Waals surface area contributed by atoms with E-state index in [0.29, 0.717) is 6.54 Å². The minimum absolute atomic E-state index is 0.0227. The van der Waals surface area contributed by atoms with Crippen molar-refractivity contribution in [3.8, 4) is 0 Å². The summed E-state index contributed by atoms with van der Waals surface area (Å²) in [6.07, 6.45) is -0.437. The zero-order valence-electron chi connectivity index (χ0n) is 20.3. The molecule has 0 radical (unpaired) electrons. The Morgan fingerprint density at radius 1 is 1.27 bits per heavy atom. The van der Waals surface area contributed by atoms with Gasteiger partial charge in [-0.15, -0.1) is 0 Å². The fraction of sp³-hybridized carbons (Fsp3) is 0.609. The molecule has 2 aliphatic heterocycles. The lowest BCUT2D eigenvalue weighted by Crippen LogP contribution is -2.50. The second-order valence-electron chi connectivity index (χ2n) is 11.5. The summed E-state index contributed by atoms with van der Waals surface area (Å²) >= 11 is 0. The number of carbonyl (C=O) groups excluding carboxylic acids is 2. The average molecular weight is 479 g/mol. The van der Waals surface area contributed by atoms with Crippen LogP contribution in [0.4, 0.5) is 5.69 Å². The molecule has 4 unspecified atom stereocenters. The fourth-order valence-corrected chi connectivity index (χ4v) is 5.91. The Morgan fingerprint density at radius 2 is 1.88 bits per heavy atom. The number of likely N-dealkylation sites (tertiary alicyclic amines) is 1. The van der Waals surface area contributed by atoms with Gasteiger partial charge in [-0.05, 0) is 42.4 Å². The van der Waals surface area contributed by atoms with Gasteiger partial charge in [-0.25, -0.2) is 0 Å². The first-order valence-electron chi connectivity index (χ1n) is 11.0. The molecule has 1 saturated heterocycles. The van der Waals surface area contributed by atoms with Crippen LogP contribution in [-0.4, -0.2) is 51.2 Å². The van der Waals surface area contributed by atoms with Gasteiger partial charge in [-0.2, -0.15) is 4.76 Å². The van der Waals surface area contributed by atoms with E-state index in [1.54, 1.807) is 11.8 Å². The summed E-state index contributed by atoms with van der Waals surface area (Å²) in [5, 5.41) is 14.4. The van der Waals surface area contributed by atoms with Crippen molar-refractivity contribution in [3.05, 3.63) is 23.8 Å². The van der Waals surface area contributed by atoms with Crippen LogP contribution in [0.3, 0.4) is 0 Å². The van der Waals surface area contributed by atoms with Crippen molar-refractivity contribution in [1.82, 2.24) is 4.90 Å². The number of rotatable bonds is 4. The van der Waals surface area contributed by atoms with Crippen molar-refractivity contribution < 1.29 is 24.2 Å². The quantitative estimate of drug-likeness (QED) is 0.489. The number of nitrogens with two attached hydrogens (primary N) is 1. The third-order valence-electron chi connectivity index (χ3n) is 6.50. The minimum Gasteiger partial charge on any atom is -0.389 e. The fourth-order valence-electron chi connectivity index (χ4n) is 4.52. The second kappa shape index (κ2) is 7.93. The number of fused-ring (bicyclic) bond motifs is 1. The van der Waals surface area contributed by atoms with Crippen molar-refractivity contribution >= 4 is 36.2 Å².